The van der Waals surface area contributed by atoms with Crippen LogP contribution in [0.4, 0.5) is 0 Å². The maximum Gasteiger partial charge on any atom is -0.00771 e. The van der Waals surface area contributed by atoms with Gasteiger partial charge in [-0.15, -0.1) is 0 Å². The van der Waals surface area contributed by atoms with Gasteiger partial charge in [-0.3, -0.25) is 0 Å². The van der Waals surface area contributed by atoms with Gasteiger partial charge in [-0.25, -0.2) is 0 Å². The summed E-state index contributed by atoms with van der Waals surface area (Å²) in [6.45, 7) is 7.66. The third kappa shape index (κ3) is 4.46. The fourth-order valence-corrected chi connectivity index (χ4v) is 0.757. The molecule has 0 spiro atoms. The lowest BCUT2D eigenvalue weighted by Gasteiger charge is -2.21. The highest BCUT2D eigenvalue weighted by Gasteiger charge is 2.12. The number of hydrogen-bond acceptors (Lipinski definition) is 1. The van der Waals surface area contributed by atoms with E-state index in [1.807, 2.05) is 0 Å². The third-order valence-corrected chi connectivity index (χ3v) is 2.01. The van der Waals surface area contributed by atoms with E-state index in [-0.39, 0.29) is 0 Å². The lowest BCUT2D eigenvalue weighted by atomic mass is 9.85. The molecule has 0 heterocycles. The molecule has 0 fully saturated rings. The molecule has 0 aromatic heterocycles. The third-order valence-electron chi connectivity index (χ3n) is 2.01. The van der Waals surface area contributed by atoms with E-state index in [1.165, 1.54) is 19.3 Å². The summed E-state index contributed by atoms with van der Waals surface area (Å²) in [6.07, 6.45) is 3.69. The van der Waals surface area contributed by atoms with E-state index < -0.39 is 0 Å². The van der Waals surface area contributed by atoms with Gasteiger partial charge in [0.15, 0.2) is 0 Å². The highest BCUT2D eigenvalue weighted by Crippen LogP contribution is 2.25. The first kappa shape index (κ1) is 8.96. The summed E-state index contributed by atoms with van der Waals surface area (Å²) in [7, 11) is 0. The second-order valence-electron chi connectivity index (χ2n) is 3.41. The molecule has 0 aromatic rings. The van der Waals surface area contributed by atoms with Crippen LogP contribution in [0.15, 0.2) is 0 Å². The summed E-state index contributed by atoms with van der Waals surface area (Å²) in [5, 5.41) is 0. The van der Waals surface area contributed by atoms with E-state index in [1.54, 1.807) is 0 Å². The second kappa shape index (κ2) is 3.89. The van der Waals surface area contributed by atoms with Crippen LogP contribution in [0, 0.1) is 5.41 Å². The monoisotopic (exact) mass is 129 g/mol. The Morgan fingerprint density at radius 1 is 1.33 bits per heavy atom. The molecule has 0 aromatic carbocycles. The van der Waals surface area contributed by atoms with Crippen LogP contribution < -0.4 is 5.73 Å². The zero-order valence-corrected chi connectivity index (χ0v) is 6.91. The zero-order chi connectivity index (χ0) is 7.33. The molecule has 0 saturated carbocycles. The molecule has 0 rings (SSSR count). The molecule has 0 aliphatic heterocycles. The van der Waals surface area contributed by atoms with Crippen LogP contribution in [-0.2, 0) is 0 Å². The zero-order valence-electron chi connectivity index (χ0n) is 6.91. The van der Waals surface area contributed by atoms with Crippen molar-refractivity contribution in [1.29, 1.82) is 0 Å². The molecule has 0 bridgehead atoms. The van der Waals surface area contributed by atoms with Gasteiger partial charge in [-0.2, -0.15) is 0 Å². The normalized spacial score (nSPS) is 12.0. The lowest BCUT2D eigenvalue weighted by molar-refractivity contribution is 0.315. The number of nitrogens with two attached hydrogens (primary N) is 1. The Bertz CT molecular complexity index is 67.0. The Morgan fingerprint density at radius 3 is 2.22 bits per heavy atom. The molecular formula is C8H19N. The summed E-state index contributed by atoms with van der Waals surface area (Å²) in [5.41, 5.74) is 5.90. The minimum Gasteiger partial charge on any atom is -0.330 e. The maximum atomic E-state index is 5.39. The van der Waals surface area contributed by atoms with Gasteiger partial charge in [-0.05, 0) is 24.8 Å². The van der Waals surface area contributed by atoms with Crippen molar-refractivity contribution >= 4 is 0 Å². The number of hydrogen-bond donors (Lipinski definition) is 1. The second-order valence-corrected chi connectivity index (χ2v) is 3.41. The minimum atomic E-state index is 0.513. The summed E-state index contributed by atoms with van der Waals surface area (Å²) >= 11 is 0. The molecule has 0 aliphatic rings. The average molecular weight is 129 g/mol. The molecular weight excluding hydrogens is 110 g/mol. The van der Waals surface area contributed by atoms with Crippen LogP contribution in [0.1, 0.15) is 40.0 Å². The molecule has 0 atom stereocenters. The summed E-state index contributed by atoms with van der Waals surface area (Å²) < 4.78 is 0. The molecule has 0 saturated heterocycles. The Morgan fingerprint density at radius 2 is 1.89 bits per heavy atom. The first-order valence-electron chi connectivity index (χ1n) is 3.82. The number of rotatable bonds is 4. The van der Waals surface area contributed by atoms with E-state index in [0.717, 1.165) is 6.54 Å². The minimum absolute atomic E-state index is 0.513. The molecule has 0 aliphatic carbocycles. The molecule has 2 N–H and O–H groups in total. The summed E-state index contributed by atoms with van der Waals surface area (Å²) in [6, 6.07) is 0. The molecule has 56 valence electrons. The van der Waals surface area contributed by atoms with Crippen molar-refractivity contribution in [3.05, 3.63) is 0 Å². The van der Waals surface area contributed by atoms with Crippen molar-refractivity contribution in [3.8, 4) is 0 Å². The molecule has 0 unspecified atom stereocenters. The van der Waals surface area contributed by atoms with E-state index in [9.17, 15) is 0 Å². The first-order chi connectivity index (χ1) is 4.12. The van der Waals surface area contributed by atoms with Crippen LogP contribution >= 0.6 is 0 Å². The molecule has 0 radical (unpaired) electrons. The van der Waals surface area contributed by atoms with E-state index in [4.69, 9.17) is 5.73 Å². The molecule has 1 nitrogen and oxygen atoms in total. The molecule has 1 heteroatoms. The quantitative estimate of drug-likeness (QED) is 0.618. The Hall–Kier alpha value is -0.0400. The smallest absolute Gasteiger partial charge is 0.00771 e. The predicted octanol–water partition coefficient (Wildman–Crippen LogP) is 2.16. The van der Waals surface area contributed by atoms with Gasteiger partial charge in [0.25, 0.3) is 0 Å². The lowest BCUT2D eigenvalue weighted by Crippen LogP contribution is -2.12. The van der Waals surface area contributed by atoms with Gasteiger partial charge in [0, 0.05) is 0 Å². The summed E-state index contributed by atoms with van der Waals surface area (Å²) in [4.78, 5) is 0. The highest BCUT2D eigenvalue weighted by molar-refractivity contribution is 4.65. The van der Waals surface area contributed by atoms with Crippen molar-refractivity contribution < 1.29 is 0 Å². The van der Waals surface area contributed by atoms with Gasteiger partial charge in [0.2, 0.25) is 0 Å². The van der Waals surface area contributed by atoms with Crippen LogP contribution in [0.2, 0.25) is 0 Å². The van der Waals surface area contributed by atoms with E-state index in [0.29, 0.717) is 5.41 Å². The van der Waals surface area contributed by atoms with E-state index >= 15 is 0 Å². The van der Waals surface area contributed by atoms with E-state index in [2.05, 4.69) is 20.8 Å². The van der Waals surface area contributed by atoms with Crippen LogP contribution in [-0.4, -0.2) is 6.54 Å². The van der Waals surface area contributed by atoms with Gasteiger partial charge in [0.1, 0.15) is 0 Å². The predicted molar refractivity (Wildman–Crippen MR) is 42.4 cm³/mol. The summed E-state index contributed by atoms with van der Waals surface area (Å²) in [5.74, 6) is 0. The first-order valence-corrected chi connectivity index (χ1v) is 3.82. The van der Waals surface area contributed by atoms with Gasteiger partial charge in [-0.1, -0.05) is 27.2 Å². The van der Waals surface area contributed by atoms with Crippen molar-refractivity contribution in [1.82, 2.24) is 0 Å². The average Bonchev–Trinajstić information content (AvgIpc) is 1.84. The fourth-order valence-electron chi connectivity index (χ4n) is 0.757. The topological polar surface area (TPSA) is 26.0 Å². The Labute approximate surface area is 58.6 Å². The standard InChI is InChI=1S/C8H19N/c1-4-8(2,3)6-5-7-9/h4-7,9H2,1-3H3. The van der Waals surface area contributed by atoms with Crippen LogP contribution in [0.3, 0.4) is 0 Å². The molecule has 0 amide bonds. The van der Waals surface area contributed by atoms with Gasteiger partial charge in [0.05, 0.1) is 0 Å². The van der Waals surface area contributed by atoms with Gasteiger partial charge >= 0.3 is 0 Å². The van der Waals surface area contributed by atoms with Crippen molar-refractivity contribution in [2.45, 2.75) is 40.0 Å². The maximum absolute atomic E-state index is 5.39. The van der Waals surface area contributed by atoms with Crippen LogP contribution in [0.5, 0.6) is 0 Å². The van der Waals surface area contributed by atoms with Crippen molar-refractivity contribution in [2.75, 3.05) is 6.54 Å². The fraction of sp³-hybridized carbons (Fsp3) is 1.00. The molecule has 9 heavy (non-hydrogen) atoms. The van der Waals surface area contributed by atoms with Gasteiger partial charge < -0.3 is 5.73 Å². The highest BCUT2D eigenvalue weighted by atomic mass is 14.5. The SMILES string of the molecule is CCC(C)(C)CCCN. The largest absolute Gasteiger partial charge is 0.330 e. The Kier molecular flexibility index (Phi) is 3.87. The van der Waals surface area contributed by atoms with Crippen molar-refractivity contribution in [3.63, 3.8) is 0 Å². The van der Waals surface area contributed by atoms with Crippen molar-refractivity contribution in [2.24, 2.45) is 11.1 Å². The van der Waals surface area contributed by atoms with Crippen LogP contribution in [0.25, 0.3) is 0 Å². The Balaban J connectivity index is 3.33.